The average molecular weight is 360 g/mol. The first-order valence-corrected chi connectivity index (χ1v) is 8.77. The van der Waals surface area contributed by atoms with E-state index in [-0.39, 0.29) is 36.2 Å². The number of hydrogen-bond donors (Lipinski definition) is 2. The summed E-state index contributed by atoms with van der Waals surface area (Å²) in [6, 6.07) is 6.84. The van der Waals surface area contributed by atoms with Crippen molar-refractivity contribution in [3.63, 3.8) is 0 Å². The Morgan fingerprint density at radius 3 is 2.42 bits per heavy atom. The Morgan fingerprint density at radius 2 is 1.85 bits per heavy atom. The Labute approximate surface area is 152 Å². The van der Waals surface area contributed by atoms with Crippen molar-refractivity contribution in [2.45, 2.75) is 25.3 Å². The maximum atomic E-state index is 12.4. The second-order valence-electron chi connectivity index (χ2n) is 6.72. The molecule has 1 aromatic carbocycles. The van der Waals surface area contributed by atoms with Crippen LogP contribution < -0.4 is 20.7 Å². The minimum Gasteiger partial charge on any atom is -0.497 e. The van der Waals surface area contributed by atoms with Gasteiger partial charge in [0.05, 0.1) is 13.2 Å². The van der Waals surface area contributed by atoms with E-state index >= 15 is 0 Å². The minimum absolute atomic E-state index is 0.0205. The number of nitrogens with one attached hydrogen (secondary N) is 1. The van der Waals surface area contributed by atoms with Crippen LogP contribution in [0.3, 0.4) is 0 Å². The molecule has 1 atom stereocenters. The van der Waals surface area contributed by atoms with E-state index < -0.39 is 0 Å². The molecule has 2 aliphatic rings. The molecule has 0 aliphatic carbocycles. The highest BCUT2D eigenvalue weighted by molar-refractivity contribution is 5.96. The summed E-state index contributed by atoms with van der Waals surface area (Å²) in [5.74, 6) is 0.247. The van der Waals surface area contributed by atoms with E-state index in [1.165, 1.54) is 0 Å². The van der Waals surface area contributed by atoms with Gasteiger partial charge in [0.25, 0.3) is 0 Å². The third-order valence-corrected chi connectivity index (χ3v) is 5.02. The Morgan fingerprint density at radius 1 is 1.19 bits per heavy atom. The number of methoxy groups -OCH3 is 1. The molecule has 0 aromatic heterocycles. The fraction of sp³-hybridized carbons (Fsp3) is 0.500. The fourth-order valence-corrected chi connectivity index (χ4v) is 3.45. The monoisotopic (exact) mass is 360 g/mol. The van der Waals surface area contributed by atoms with Crippen LogP contribution in [0.1, 0.15) is 19.3 Å². The van der Waals surface area contributed by atoms with E-state index in [9.17, 15) is 14.4 Å². The van der Waals surface area contributed by atoms with Gasteiger partial charge in [-0.05, 0) is 37.1 Å². The third kappa shape index (κ3) is 3.89. The maximum absolute atomic E-state index is 12.4. The van der Waals surface area contributed by atoms with Crippen molar-refractivity contribution in [1.82, 2.24) is 10.2 Å². The topological polar surface area (TPSA) is 105 Å². The number of carbonyl (C=O) groups excluding carboxylic acids is 3. The van der Waals surface area contributed by atoms with Gasteiger partial charge in [0.2, 0.25) is 11.8 Å². The second-order valence-corrected chi connectivity index (χ2v) is 6.72. The van der Waals surface area contributed by atoms with Crippen molar-refractivity contribution >= 4 is 23.5 Å². The van der Waals surface area contributed by atoms with Crippen LogP contribution in [0.15, 0.2) is 24.3 Å². The number of anilines is 1. The number of urea groups is 1. The zero-order chi connectivity index (χ0) is 18.7. The number of likely N-dealkylation sites (tertiary alicyclic amines) is 1. The van der Waals surface area contributed by atoms with E-state index in [0.29, 0.717) is 32.5 Å². The lowest BCUT2D eigenvalue weighted by Crippen LogP contribution is -2.49. The molecule has 8 nitrogen and oxygen atoms in total. The lowest BCUT2D eigenvalue weighted by molar-refractivity contribution is -0.123. The highest BCUT2D eigenvalue weighted by atomic mass is 16.5. The van der Waals surface area contributed by atoms with Crippen LogP contribution >= 0.6 is 0 Å². The molecule has 3 N–H and O–H groups in total. The van der Waals surface area contributed by atoms with Crippen LogP contribution in [0.25, 0.3) is 0 Å². The molecule has 26 heavy (non-hydrogen) atoms. The quantitative estimate of drug-likeness (QED) is 0.825. The van der Waals surface area contributed by atoms with E-state index in [0.717, 1.165) is 11.4 Å². The van der Waals surface area contributed by atoms with Gasteiger partial charge in [-0.25, -0.2) is 4.79 Å². The van der Waals surface area contributed by atoms with Gasteiger partial charge >= 0.3 is 6.03 Å². The highest BCUT2D eigenvalue weighted by Gasteiger charge is 2.33. The first-order valence-electron chi connectivity index (χ1n) is 8.77. The number of nitrogens with two attached hydrogens (primary N) is 1. The molecule has 2 saturated heterocycles. The molecule has 8 heteroatoms. The van der Waals surface area contributed by atoms with E-state index in [1.54, 1.807) is 29.0 Å². The molecule has 0 bridgehead atoms. The number of nitrogens with zero attached hydrogens (tertiary/aromatic N) is 2. The van der Waals surface area contributed by atoms with Crippen LogP contribution in [0.4, 0.5) is 10.5 Å². The van der Waals surface area contributed by atoms with Crippen LogP contribution in [-0.4, -0.2) is 55.5 Å². The summed E-state index contributed by atoms with van der Waals surface area (Å²) in [6.07, 6.45) is 1.45. The molecule has 1 unspecified atom stereocenters. The van der Waals surface area contributed by atoms with Gasteiger partial charge in [-0.1, -0.05) is 0 Å². The number of ether oxygens (including phenoxy) is 1. The fourth-order valence-electron chi connectivity index (χ4n) is 3.45. The molecule has 2 aliphatic heterocycles. The van der Waals surface area contributed by atoms with Crippen molar-refractivity contribution in [3.8, 4) is 5.75 Å². The van der Waals surface area contributed by atoms with E-state index in [4.69, 9.17) is 10.5 Å². The molecule has 2 fully saturated rings. The van der Waals surface area contributed by atoms with Gasteiger partial charge in [0.1, 0.15) is 5.75 Å². The predicted molar refractivity (Wildman–Crippen MR) is 95.8 cm³/mol. The van der Waals surface area contributed by atoms with Crippen molar-refractivity contribution in [3.05, 3.63) is 24.3 Å². The van der Waals surface area contributed by atoms with Gasteiger partial charge < -0.3 is 25.6 Å². The summed E-state index contributed by atoms with van der Waals surface area (Å²) in [5, 5.41) is 2.93. The van der Waals surface area contributed by atoms with Gasteiger partial charge in [-0.2, -0.15) is 0 Å². The minimum atomic E-state index is -0.304. The molecular weight excluding hydrogens is 336 g/mol. The predicted octanol–water partition coefficient (Wildman–Crippen LogP) is 0.707. The van der Waals surface area contributed by atoms with E-state index in [2.05, 4.69) is 5.32 Å². The summed E-state index contributed by atoms with van der Waals surface area (Å²) < 4.78 is 5.13. The molecule has 140 valence electrons. The summed E-state index contributed by atoms with van der Waals surface area (Å²) in [5.41, 5.74) is 6.10. The third-order valence-electron chi connectivity index (χ3n) is 5.02. The van der Waals surface area contributed by atoms with Crippen molar-refractivity contribution in [2.75, 3.05) is 31.6 Å². The summed E-state index contributed by atoms with van der Waals surface area (Å²) >= 11 is 0. The lowest BCUT2D eigenvalue weighted by atomic mass is 9.96. The first-order chi connectivity index (χ1) is 12.5. The van der Waals surface area contributed by atoms with Crippen molar-refractivity contribution < 1.29 is 19.1 Å². The first kappa shape index (κ1) is 18.0. The molecule has 0 radical (unpaired) electrons. The number of rotatable bonds is 4. The number of benzene rings is 1. The Balaban J connectivity index is 1.54. The number of primary amides is 1. The molecule has 4 amide bonds. The Kier molecular flexibility index (Phi) is 5.29. The summed E-state index contributed by atoms with van der Waals surface area (Å²) in [7, 11) is 1.59. The molecule has 1 aromatic rings. The summed E-state index contributed by atoms with van der Waals surface area (Å²) in [4.78, 5) is 39.3. The number of amides is 4. The number of carbonyl (C=O) groups is 3. The second kappa shape index (κ2) is 7.63. The molecular formula is C18H24N4O4. The Bertz CT molecular complexity index is 683. The molecule has 2 heterocycles. The SMILES string of the molecule is COc1ccc(N2CC(NC(=O)N3CCC(C(N)=O)CC3)CC2=O)cc1. The van der Waals surface area contributed by atoms with Gasteiger partial charge in [0.15, 0.2) is 0 Å². The zero-order valence-electron chi connectivity index (χ0n) is 14.8. The zero-order valence-corrected chi connectivity index (χ0v) is 14.8. The van der Waals surface area contributed by atoms with Gasteiger partial charge in [-0.3, -0.25) is 9.59 Å². The number of hydrogen-bond acceptors (Lipinski definition) is 4. The van der Waals surface area contributed by atoms with Crippen LogP contribution in [0, 0.1) is 5.92 Å². The smallest absolute Gasteiger partial charge is 0.317 e. The maximum Gasteiger partial charge on any atom is 0.317 e. The molecule has 0 spiro atoms. The normalized spacial score (nSPS) is 21.0. The van der Waals surface area contributed by atoms with Crippen LogP contribution in [-0.2, 0) is 9.59 Å². The highest BCUT2D eigenvalue weighted by Crippen LogP contribution is 2.24. The average Bonchev–Trinajstić information content (AvgIpc) is 3.02. The lowest BCUT2D eigenvalue weighted by Gasteiger charge is -2.31. The standard InChI is InChI=1S/C18H24N4O4/c1-26-15-4-2-14(3-5-15)22-11-13(10-16(22)23)20-18(25)21-8-6-12(7-9-21)17(19)24/h2-5,12-13H,6-11H2,1H3,(H2,19,24)(H,20,25). The largest absolute Gasteiger partial charge is 0.497 e. The van der Waals surface area contributed by atoms with Crippen molar-refractivity contribution in [2.24, 2.45) is 11.7 Å². The van der Waals surface area contributed by atoms with Gasteiger partial charge in [0, 0.05) is 37.7 Å². The van der Waals surface area contributed by atoms with Crippen molar-refractivity contribution in [1.29, 1.82) is 0 Å². The Hall–Kier alpha value is -2.77. The molecule has 0 saturated carbocycles. The van der Waals surface area contributed by atoms with Gasteiger partial charge in [-0.15, -0.1) is 0 Å². The van der Waals surface area contributed by atoms with E-state index in [1.807, 2.05) is 12.1 Å². The summed E-state index contributed by atoms with van der Waals surface area (Å²) in [6.45, 7) is 1.44. The number of piperidine rings is 1. The van der Waals surface area contributed by atoms with Crippen LogP contribution in [0.2, 0.25) is 0 Å². The van der Waals surface area contributed by atoms with Crippen LogP contribution in [0.5, 0.6) is 5.75 Å². The molecule has 3 rings (SSSR count).